The van der Waals surface area contributed by atoms with E-state index in [2.05, 4.69) is 22.3 Å². The van der Waals surface area contributed by atoms with Crippen LogP contribution in [-0.4, -0.2) is 63.5 Å². The molecule has 1 saturated heterocycles. The van der Waals surface area contributed by atoms with Crippen molar-refractivity contribution in [1.82, 2.24) is 14.5 Å². The Hall–Kier alpha value is -1.69. The number of benzene rings is 2. The minimum atomic E-state index is -3.39. The van der Waals surface area contributed by atoms with Crippen LogP contribution in [0.2, 0.25) is 0 Å². The largest absolute Gasteiger partial charge is 0.379 e. The number of aliphatic imine (C=N–C) groups is 1. The average molecular weight is 573 g/mol. The lowest BCUT2D eigenvalue weighted by molar-refractivity contribution is 0.0729. The number of halogens is 1. The molecule has 0 saturated carbocycles. The van der Waals surface area contributed by atoms with Crippen LogP contribution >= 0.6 is 24.0 Å². The summed E-state index contributed by atoms with van der Waals surface area (Å²) in [5.74, 6) is 0.770. The number of ether oxygens (including phenoxy) is 1. The third-order valence-electron chi connectivity index (χ3n) is 5.18. The lowest BCUT2D eigenvalue weighted by Crippen LogP contribution is -2.41. The van der Waals surface area contributed by atoms with Gasteiger partial charge in [0.2, 0.25) is 10.0 Å². The van der Waals surface area contributed by atoms with Gasteiger partial charge in [-0.2, -0.15) is 4.31 Å². The molecule has 0 spiro atoms. The molecule has 176 valence electrons. The first kappa shape index (κ1) is 26.6. The van der Waals surface area contributed by atoms with Gasteiger partial charge < -0.3 is 15.0 Å². The van der Waals surface area contributed by atoms with Gasteiger partial charge in [0.05, 0.1) is 25.5 Å². The summed E-state index contributed by atoms with van der Waals surface area (Å²) in [4.78, 5) is 6.86. The molecule has 2 aromatic carbocycles. The maximum absolute atomic E-state index is 12.9. The highest BCUT2D eigenvalue weighted by Gasteiger charge is 2.25. The van der Waals surface area contributed by atoms with Gasteiger partial charge in [0.25, 0.3) is 0 Å². The second-order valence-corrected chi connectivity index (χ2v) is 9.52. The highest BCUT2D eigenvalue weighted by atomic mass is 127. The van der Waals surface area contributed by atoms with Crippen molar-refractivity contribution >= 4 is 40.0 Å². The summed E-state index contributed by atoms with van der Waals surface area (Å²) in [7, 11) is -1.38. The molecule has 0 amide bonds. The fourth-order valence-corrected chi connectivity index (χ4v) is 5.09. The molecule has 0 unspecified atom stereocenters. The molecule has 0 aromatic heterocycles. The van der Waals surface area contributed by atoms with E-state index in [1.807, 2.05) is 56.4 Å². The highest BCUT2D eigenvalue weighted by Crippen LogP contribution is 2.17. The van der Waals surface area contributed by atoms with Gasteiger partial charge in [0.15, 0.2) is 5.96 Å². The second-order valence-electron chi connectivity index (χ2n) is 7.55. The monoisotopic (exact) mass is 572 g/mol. The Morgan fingerprint density at radius 3 is 2.34 bits per heavy atom. The van der Waals surface area contributed by atoms with Crippen molar-refractivity contribution in [2.45, 2.75) is 25.8 Å². The van der Waals surface area contributed by atoms with E-state index in [0.717, 1.165) is 30.2 Å². The molecule has 0 radical (unpaired) electrons. The second kappa shape index (κ2) is 13.1. The molecule has 2 aromatic rings. The maximum atomic E-state index is 12.9. The van der Waals surface area contributed by atoms with Crippen LogP contribution in [-0.2, 0) is 33.6 Å². The molecule has 7 nitrogen and oxygen atoms in total. The maximum Gasteiger partial charge on any atom is 0.218 e. The fraction of sp³-hybridized carbons (Fsp3) is 0.435. The molecule has 32 heavy (non-hydrogen) atoms. The molecule has 1 N–H and O–H groups in total. The highest BCUT2D eigenvalue weighted by molar-refractivity contribution is 14.0. The van der Waals surface area contributed by atoms with Crippen molar-refractivity contribution in [3.8, 4) is 0 Å². The van der Waals surface area contributed by atoms with Gasteiger partial charge >= 0.3 is 0 Å². The van der Waals surface area contributed by atoms with E-state index < -0.39 is 10.0 Å². The molecule has 1 fully saturated rings. The number of sulfonamides is 1. The molecule has 9 heteroatoms. The number of morpholine rings is 1. The Kier molecular flexibility index (Phi) is 10.9. The summed E-state index contributed by atoms with van der Waals surface area (Å²) < 4.78 is 32.6. The van der Waals surface area contributed by atoms with E-state index in [1.54, 1.807) is 0 Å². The Labute approximate surface area is 208 Å². The molecule has 1 heterocycles. The first-order valence-corrected chi connectivity index (χ1v) is 12.3. The molecule has 0 bridgehead atoms. The van der Waals surface area contributed by atoms with E-state index in [-0.39, 0.29) is 29.7 Å². The number of guanidine groups is 1. The van der Waals surface area contributed by atoms with E-state index in [1.165, 1.54) is 9.87 Å². The van der Waals surface area contributed by atoms with Gasteiger partial charge in [-0.1, -0.05) is 54.6 Å². The van der Waals surface area contributed by atoms with Crippen molar-refractivity contribution in [3.05, 3.63) is 71.3 Å². The zero-order valence-corrected chi connectivity index (χ0v) is 21.9. The van der Waals surface area contributed by atoms with Gasteiger partial charge in [0.1, 0.15) is 0 Å². The van der Waals surface area contributed by atoms with Crippen LogP contribution in [0, 0.1) is 0 Å². The lowest BCUT2D eigenvalue weighted by Gasteiger charge is -2.26. The number of nitrogens with one attached hydrogen (secondary N) is 1. The summed E-state index contributed by atoms with van der Waals surface area (Å²) in [5, 5.41) is 3.33. The van der Waals surface area contributed by atoms with Crippen LogP contribution in [0.5, 0.6) is 0 Å². The van der Waals surface area contributed by atoms with Crippen molar-refractivity contribution in [3.63, 3.8) is 0 Å². The van der Waals surface area contributed by atoms with E-state index in [0.29, 0.717) is 32.8 Å². The van der Waals surface area contributed by atoms with Crippen molar-refractivity contribution < 1.29 is 13.2 Å². The van der Waals surface area contributed by atoms with E-state index >= 15 is 0 Å². The van der Waals surface area contributed by atoms with E-state index in [9.17, 15) is 8.42 Å². The van der Waals surface area contributed by atoms with Crippen molar-refractivity contribution in [1.29, 1.82) is 0 Å². The third kappa shape index (κ3) is 7.72. The standard InChI is InChI=1S/C23H32N4O3S.HI/c1-3-24-23(26(2)18-20-9-5-4-6-10-20)25-17-21-11-7-8-12-22(21)19-31(28,29)27-13-15-30-16-14-27;/h4-12H,3,13-19H2,1-2H3,(H,24,25);1H. The minimum absolute atomic E-state index is 0. The quantitative estimate of drug-likeness (QED) is 0.299. The predicted molar refractivity (Wildman–Crippen MR) is 140 cm³/mol. The lowest BCUT2D eigenvalue weighted by atomic mass is 10.1. The fourth-order valence-electron chi connectivity index (χ4n) is 3.53. The zero-order valence-electron chi connectivity index (χ0n) is 18.7. The molecule has 3 rings (SSSR count). The number of rotatable bonds is 8. The summed E-state index contributed by atoms with van der Waals surface area (Å²) in [5.41, 5.74) is 2.91. The molecular formula is C23H33IN4O3S. The van der Waals surface area contributed by atoms with Gasteiger partial charge in [-0.15, -0.1) is 24.0 Å². The van der Waals surface area contributed by atoms with Crippen LogP contribution < -0.4 is 5.32 Å². The summed E-state index contributed by atoms with van der Waals surface area (Å²) in [6, 6.07) is 17.9. The first-order chi connectivity index (χ1) is 15.0. The zero-order chi connectivity index (χ0) is 22.1. The Morgan fingerprint density at radius 2 is 1.69 bits per heavy atom. The SMILES string of the molecule is CCNC(=NCc1ccccc1CS(=O)(=O)N1CCOCC1)N(C)Cc1ccccc1.I. The summed E-state index contributed by atoms with van der Waals surface area (Å²) in [6.07, 6.45) is 0. The Bertz CT molecular complexity index is 964. The van der Waals surface area contributed by atoms with Crippen LogP contribution in [0.4, 0.5) is 0 Å². The van der Waals surface area contributed by atoms with Crippen molar-refractivity contribution in [2.24, 2.45) is 4.99 Å². The van der Waals surface area contributed by atoms with Gasteiger partial charge in [-0.05, 0) is 23.6 Å². The summed E-state index contributed by atoms with van der Waals surface area (Å²) >= 11 is 0. The Balaban J connectivity index is 0.00000363. The molecule has 1 aliphatic rings. The number of nitrogens with zero attached hydrogens (tertiary/aromatic N) is 3. The number of hydrogen-bond acceptors (Lipinski definition) is 4. The topological polar surface area (TPSA) is 74.2 Å². The van der Waals surface area contributed by atoms with Gasteiger partial charge in [0, 0.05) is 33.2 Å². The van der Waals surface area contributed by atoms with Crippen molar-refractivity contribution in [2.75, 3.05) is 39.9 Å². The smallest absolute Gasteiger partial charge is 0.218 e. The van der Waals surface area contributed by atoms with Crippen LogP contribution in [0.15, 0.2) is 59.6 Å². The molecule has 0 aliphatic carbocycles. The molecule has 0 atom stereocenters. The Morgan fingerprint density at radius 1 is 1.06 bits per heavy atom. The van der Waals surface area contributed by atoms with Gasteiger partial charge in [-0.25, -0.2) is 13.4 Å². The number of hydrogen-bond donors (Lipinski definition) is 1. The normalized spacial score (nSPS) is 15.1. The predicted octanol–water partition coefficient (Wildman–Crippen LogP) is 3.06. The van der Waals surface area contributed by atoms with Crippen LogP contribution in [0.3, 0.4) is 0 Å². The molecule has 1 aliphatic heterocycles. The van der Waals surface area contributed by atoms with E-state index in [4.69, 9.17) is 9.73 Å². The summed E-state index contributed by atoms with van der Waals surface area (Å²) in [6.45, 7) is 5.67. The third-order valence-corrected chi connectivity index (χ3v) is 7.01. The van der Waals surface area contributed by atoms with Crippen LogP contribution in [0.25, 0.3) is 0 Å². The average Bonchev–Trinajstić information content (AvgIpc) is 2.78. The van der Waals surface area contributed by atoms with Gasteiger partial charge in [-0.3, -0.25) is 0 Å². The molecular weight excluding hydrogens is 539 g/mol. The van der Waals surface area contributed by atoms with Crippen LogP contribution in [0.1, 0.15) is 23.6 Å². The first-order valence-electron chi connectivity index (χ1n) is 10.7. The minimum Gasteiger partial charge on any atom is -0.379 e.